The van der Waals surface area contributed by atoms with Crippen LogP contribution in [0.2, 0.25) is 0 Å². The van der Waals surface area contributed by atoms with Crippen LogP contribution in [0.4, 0.5) is 0 Å². The van der Waals surface area contributed by atoms with Gasteiger partial charge < -0.3 is 9.52 Å². The molecule has 1 aliphatic rings. The maximum absolute atomic E-state index is 9.74. The van der Waals surface area contributed by atoms with Crippen molar-refractivity contribution in [3.63, 3.8) is 0 Å². The first-order valence-corrected chi connectivity index (χ1v) is 4.49. The lowest BCUT2D eigenvalue weighted by Crippen LogP contribution is -1.98. The van der Waals surface area contributed by atoms with E-state index in [-0.39, 0.29) is 6.10 Å². The summed E-state index contributed by atoms with van der Waals surface area (Å²) in [5.74, 6) is 1.61. The summed E-state index contributed by atoms with van der Waals surface area (Å²) < 4.78 is 5.13. The van der Waals surface area contributed by atoms with Gasteiger partial charge in [-0.3, -0.25) is 0 Å². The summed E-state index contributed by atoms with van der Waals surface area (Å²) >= 11 is 0. The van der Waals surface area contributed by atoms with Gasteiger partial charge in [0.25, 0.3) is 0 Å². The molecule has 0 spiro atoms. The number of aryl methyl sites for hydroxylation is 1. The number of furan rings is 1. The van der Waals surface area contributed by atoms with Gasteiger partial charge in [-0.25, -0.2) is 0 Å². The van der Waals surface area contributed by atoms with Crippen molar-refractivity contribution in [2.75, 3.05) is 0 Å². The summed E-state index contributed by atoms with van der Waals surface area (Å²) in [5, 5.41) is 9.74. The van der Waals surface area contributed by atoms with E-state index < -0.39 is 0 Å². The molecule has 1 aromatic heterocycles. The first-order valence-electron chi connectivity index (χ1n) is 4.49. The van der Waals surface area contributed by atoms with E-state index in [1.54, 1.807) is 6.26 Å². The Balaban J connectivity index is 2.02. The van der Waals surface area contributed by atoms with Crippen molar-refractivity contribution in [2.24, 2.45) is 5.92 Å². The predicted octanol–water partition coefficient (Wildman–Crippen LogP) is 2.42. The third kappa shape index (κ3) is 1.53. The van der Waals surface area contributed by atoms with E-state index in [0.717, 1.165) is 23.7 Å². The van der Waals surface area contributed by atoms with Crippen LogP contribution in [0.15, 0.2) is 16.7 Å². The van der Waals surface area contributed by atoms with Crippen LogP contribution in [0.1, 0.15) is 36.7 Å². The van der Waals surface area contributed by atoms with Crippen molar-refractivity contribution < 1.29 is 9.52 Å². The van der Waals surface area contributed by atoms with Crippen LogP contribution in [-0.4, -0.2) is 5.11 Å². The Morgan fingerprint density at radius 1 is 1.67 bits per heavy atom. The molecule has 2 nitrogen and oxygen atoms in total. The summed E-state index contributed by atoms with van der Waals surface area (Å²) in [4.78, 5) is 0. The minimum atomic E-state index is -0.309. The van der Waals surface area contributed by atoms with Gasteiger partial charge in [-0.15, -0.1) is 0 Å². The molecule has 0 bridgehead atoms. The maximum Gasteiger partial charge on any atom is 0.106 e. The second kappa shape index (κ2) is 2.94. The summed E-state index contributed by atoms with van der Waals surface area (Å²) in [7, 11) is 0. The zero-order valence-corrected chi connectivity index (χ0v) is 7.29. The third-order valence-electron chi connectivity index (χ3n) is 2.51. The van der Waals surface area contributed by atoms with Gasteiger partial charge in [0, 0.05) is 5.56 Å². The van der Waals surface area contributed by atoms with Gasteiger partial charge in [0.2, 0.25) is 0 Å². The molecule has 0 aliphatic heterocycles. The Morgan fingerprint density at radius 3 is 2.92 bits per heavy atom. The molecular weight excluding hydrogens is 152 g/mol. The van der Waals surface area contributed by atoms with E-state index in [9.17, 15) is 5.11 Å². The first kappa shape index (κ1) is 7.87. The summed E-state index contributed by atoms with van der Waals surface area (Å²) in [6, 6.07) is 1.86. The Kier molecular flexibility index (Phi) is 1.93. The maximum atomic E-state index is 9.74. The van der Waals surface area contributed by atoms with E-state index in [4.69, 9.17) is 4.42 Å². The van der Waals surface area contributed by atoms with Gasteiger partial charge in [0.15, 0.2) is 0 Å². The molecule has 0 radical (unpaired) electrons. The van der Waals surface area contributed by atoms with E-state index in [2.05, 4.69) is 0 Å². The number of aliphatic hydroxyl groups is 1. The van der Waals surface area contributed by atoms with E-state index in [1.807, 2.05) is 13.0 Å². The fourth-order valence-electron chi connectivity index (χ4n) is 1.54. The molecule has 1 heterocycles. The number of aliphatic hydroxyl groups excluding tert-OH is 1. The second-order valence-electron chi connectivity index (χ2n) is 3.63. The van der Waals surface area contributed by atoms with Crippen molar-refractivity contribution in [2.45, 2.75) is 32.3 Å². The van der Waals surface area contributed by atoms with Crippen molar-refractivity contribution >= 4 is 0 Å². The molecule has 66 valence electrons. The first-order chi connectivity index (χ1) is 5.77. The van der Waals surface area contributed by atoms with E-state index in [1.165, 1.54) is 12.8 Å². The largest absolute Gasteiger partial charge is 0.469 e. The van der Waals surface area contributed by atoms with Crippen LogP contribution < -0.4 is 0 Å². The Labute approximate surface area is 72.2 Å². The summed E-state index contributed by atoms with van der Waals surface area (Å²) in [6.07, 6.45) is 4.81. The normalized spacial score (nSPS) is 19.5. The lowest BCUT2D eigenvalue weighted by Gasteiger charge is -2.07. The monoisotopic (exact) mass is 166 g/mol. The van der Waals surface area contributed by atoms with Crippen molar-refractivity contribution in [3.8, 4) is 0 Å². The molecule has 1 fully saturated rings. The summed E-state index contributed by atoms with van der Waals surface area (Å²) in [5.41, 5.74) is 0.960. The zero-order valence-electron chi connectivity index (χ0n) is 7.29. The molecular formula is C10H14O2. The third-order valence-corrected chi connectivity index (χ3v) is 2.51. The van der Waals surface area contributed by atoms with Gasteiger partial charge in [0.05, 0.1) is 12.4 Å². The zero-order chi connectivity index (χ0) is 8.55. The highest BCUT2D eigenvalue weighted by Crippen LogP contribution is 2.38. The van der Waals surface area contributed by atoms with Crippen LogP contribution in [0.25, 0.3) is 0 Å². The Morgan fingerprint density at radius 2 is 2.42 bits per heavy atom. The average molecular weight is 166 g/mol. The number of rotatable bonds is 3. The average Bonchev–Trinajstić information content (AvgIpc) is 2.72. The molecule has 1 aromatic rings. The fourth-order valence-corrected chi connectivity index (χ4v) is 1.54. The van der Waals surface area contributed by atoms with Gasteiger partial charge in [-0.1, -0.05) is 12.8 Å². The van der Waals surface area contributed by atoms with Gasteiger partial charge >= 0.3 is 0 Å². The molecule has 2 heteroatoms. The molecule has 2 rings (SSSR count). The van der Waals surface area contributed by atoms with Gasteiger partial charge in [-0.2, -0.15) is 0 Å². The molecule has 1 unspecified atom stereocenters. The quantitative estimate of drug-likeness (QED) is 0.748. The SMILES string of the molecule is Cc1occc1C(O)CC1CC1. The lowest BCUT2D eigenvalue weighted by atomic mass is 10.1. The van der Waals surface area contributed by atoms with E-state index >= 15 is 0 Å². The summed E-state index contributed by atoms with van der Waals surface area (Å²) in [6.45, 7) is 1.89. The van der Waals surface area contributed by atoms with Crippen LogP contribution in [0.3, 0.4) is 0 Å². The number of hydrogen-bond donors (Lipinski definition) is 1. The van der Waals surface area contributed by atoms with Crippen LogP contribution in [0.5, 0.6) is 0 Å². The van der Waals surface area contributed by atoms with Crippen LogP contribution >= 0.6 is 0 Å². The minimum absolute atomic E-state index is 0.309. The van der Waals surface area contributed by atoms with Gasteiger partial charge in [0.1, 0.15) is 5.76 Å². The molecule has 0 saturated heterocycles. The molecule has 0 amide bonds. The Bertz CT molecular complexity index is 261. The fraction of sp³-hybridized carbons (Fsp3) is 0.600. The van der Waals surface area contributed by atoms with Gasteiger partial charge in [-0.05, 0) is 25.3 Å². The molecule has 1 atom stereocenters. The van der Waals surface area contributed by atoms with Crippen LogP contribution in [0, 0.1) is 12.8 Å². The smallest absolute Gasteiger partial charge is 0.106 e. The number of hydrogen-bond acceptors (Lipinski definition) is 2. The topological polar surface area (TPSA) is 33.4 Å². The highest BCUT2D eigenvalue weighted by Gasteiger charge is 2.26. The lowest BCUT2D eigenvalue weighted by molar-refractivity contribution is 0.158. The Hall–Kier alpha value is -0.760. The predicted molar refractivity (Wildman–Crippen MR) is 45.7 cm³/mol. The van der Waals surface area contributed by atoms with E-state index in [0.29, 0.717) is 0 Å². The van der Waals surface area contributed by atoms with Crippen molar-refractivity contribution in [3.05, 3.63) is 23.7 Å². The highest BCUT2D eigenvalue weighted by molar-refractivity contribution is 5.18. The molecule has 1 N–H and O–H groups in total. The molecule has 0 aromatic carbocycles. The molecule has 1 aliphatic carbocycles. The minimum Gasteiger partial charge on any atom is -0.469 e. The van der Waals surface area contributed by atoms with Crippen LogP contribution in [-0.2, 0) is 0 Å². The van der Waals surface area contributed by atoms with Crippen molar-refractivity contribution in [1.29, 1.82) is 0 Å². The highest BCUT2D eigenvalue weighted by atomic mass is 16.3. The molecule has 12 heavy (non-hydrogen) atoms. The standard InChI is InChI=1S/C10H14O2/c1-7-9(4-5-12-7)10(11)6-8-2-3-8/h4-5,8,10-11H,2-3,6H2,1H3. The second-order valence-corrected chi connectivity index (χ2v) is 3.63. The van der Waals surface area contributed by atoms with Crippen molar-refractivity contribution in [1.82, 2.24) is 0 Å². The molecule has 1 saturated carbocycles.